The third-order valence-corrected chi connectivity index (χ3v) is 5.10. The van der Waals surface area contributed by atoms with Gasteiger partial charge in [0.15, 0.2) is 12.3 Å². The molecule has 204 valence electrons. The molecular weight excluding hydrogens is 517 g/mol. The molecule has 0 saturated heterocycles. The molecule has 2 aromatic heterocycles. The van der Waals surface area contributed by atoms with Crippen molar-refractivity contribution in [3.63, 3.8) is 0 Å². The van der Waals surface area contributed by atoms with Crippen molar-refractivity contribution in [3.05, 3.63) is 66.4 Å². The fourth-order valence-corrected chi connectivity index (χ4v) is 3.45. The lowest BCUT2D eigenvalue weighted by molar-refractivity contribution is -0.153. The van der Waals surface area contributed by atoms with Crippen LogP contribution in [0.3, 0.4) is 0 Å². The Balaban J connectivity index is 1.53. The number of halogens is 3. The molecule has 0 unspecified atom stereocenters. The Labute approximate surface area is 220 Å². The normalized spacial score (nSPS) is 11.7. The molecule has 2 heterocycles. The summed E-state index contributed by atoms with van der Waals surface area (Å²) in [5.74, 6) is -0.957. The number of nitrogens with two attached hydrogens (primary N) is 1. The number of nitrogens with one attached hydrogen (secondary N) is 2. The van der Waals surface area contributed by atoms with Crippen LogP contribution in [-0.4, -0.2) is 45.0 Å². The number of nitrogens with zero attached hydrogens (tertiary/aromatic N) is 3. The highest BCUT2D eigenvalue weighted by molar-refractivity contribution is 5.94. The summed E-state index contributed by atoms with van der Waals surface area (Å²) in [5, 5.41) is 9.84. The molecule has 0 aliphatic heterocycles. The van der Waals surface area contributed by atoms with Crippen LogP contribution in [0, 0.1) is 0 Å². The minimum absolute atomic E-state index is 0.0161. The first-order valence-electron chi connectivity index (χ1n) is 11.6. The van der Waals surface area contributed by atoms with Crippen LogP contribution in [0.4, 0.5) is 35.3 Å². The summed E-state index contributed by atoms with van der Waals surface area (Å²) >= 11 is 0. The van der Waals surface area contributed by atoms with E-state index >= 15 is 0 Å². The van der Waals surface area contributed by atoms with Gasteiger partial charge in [-0.25, -0.2) is 9.31 Å². The molecule has 2 aromatic carbocycles. The van der Waals surface area contributed by atoms with E-state index in [2.05, 4.69) is 20.7 Å². The Morgan fingerprint density at radius 3 is 2.33 bits per heavy atom. The highest BCUT2D eigenvalue weighted by atomic mass is 19.4. The van der Waals surface area contributed by atoms with Crippen LogP contribution in [0.1, 0.15) is 31.1 Å². The lowest BCUT2D eigenvalue weighted by Crippen LogP contribution is -2.27. The number of primary amides is 1. The Morgan fingerprint density at radius 1 is 1.00 bits per heavy atom. The highest BCUT2D eigenvalue weighted by Crippen LogP contribution is 2.30. The number of benzene rings is 2. The number of carbonyl (C=O) groups is 2. The van der Waals surface area contributed by atoms with Crippen LogP contribution in [-0.2, 0) is 4.74 Å². The zero-order valence-corrected chi connectivity index (χ0v) is 21.2. The topological polar surface area (TPSA) is 133 Å². The summed E-state index contributed by atoms with van der Waals surface area (Å²) in [6.45, 7) is 3.77. The van der Waals surface area contributed by atoms with Gasteiger partial charge in [0.05, 0.1) is 5.69 Å². The second kappa shape index (κ2) is 10.5. The van der Waals surface area contributed by atoms with Crippen molar-refractivity contribution in [1.82, 2.24) is 14.6 Å². The summed E-state index contributed by atoms with van der Waals surface area (Å²) in [6, 6.07) is 14.5. The van der Waals surface area contributed by atoms with E-state index in [1.54, 1.807) is 45.2 Å². The Morgan fingerprint density at radius 2 is 1.69 bits per heavy atom. The van der Waals surface area contributed by atoms with Crippen LogP contribution >= 0.6 is 0 Å². The van der Waals surface area contributed by atoms with E-state index in [1.807, 2.05) is 18.2 Å². The second-order valence-electron chi connectivity index (χ2n) is 9.46. The smallest absolute Gasteiger partial charge is 0.422 e. The van der Waals surface area contributed by atoms with Crippen molar-refractivity contribution in [1.29, 1.82) is 0 Å². The maximum atomic E-state index is 12.7. The number of pyridine rings is 1. The van der Waals surface area contributed by atoms with Crippen molar-refractivity contribution in [2.24, 2.45) is 5.73 Å². The van der Waals surface area contributed by atoms with Gasteiger partial charge in [-0.3, -0.25) is 10.1 Å². The molecule has 0 atom stereocenters. The monoisotopic (exact) mass is 542 g/mol. The number of fused-ring (bicyclic) bond motifs is 1. The minimum atomic E-state index is -4.58. The van der Waals surface area contributed by atoms with Crippen molar-refractivity contribution in [2.75, 3.05) is 17.2 Å². The molecule has 4 rings (SSSR count). The van der Waals surface area contributed by atoms with Crippen molar-refractivity contribution >= 4 is 35.0 Å². The summed E-state index contributed by atoms with van der Waals surface area (Å²) in [5.41, 5.74) is 7.39. The van der Waals surface area contributed by atoms with Gasteiger partial charge in [0.2, 0.25) is 11.9 Å². The number of carbonyl (C=O) groups excluding carboxylic acids is 2. The number of rotatable bonds is 7. The molecule has 0 aliphatic rings. The van der Waals surface area contributed by atoms with Gasteiger partial charge in [0, 0.05) is 23.0 Å². The maximum absolute atomic E-state index is 12.7. The van der Waals surface area contributed by atoms with Gasteiger partial charge in [0.1, 0.15) is 11.4 Å². The molecule has 13 heteroatoms. The summed E-state index contributed by atoms with van der Waals surface area (Å²) in [4.78, 5) is 27.8. The third kappa shape index (κ3) is 7.37. The van der Waals surface area contributed by atoms with Gasteiger partial charge in [0.25, 0.3) is 0 Å². The predicted molar refractivity (Wildman–Crippen MR) is 138 cm³/mol. The zero-order valence-electron chi connectivity index (χ0n) is 21.2. The van der Waals surface area contributed by atoms with E-state index in [1.165, 1.54) is 16.6 Å². The molecule has 4 N–H and O–H groups in total. The molecule has 4 aromatic rings. The number of anilines is 3. The van der Waals surface area contributed by atoms with Crippen LogP contribution in [0.5, 0.6) is 5.75 Å². The largest absolute Gasteiger partial charge is 0.482 e. The molecule has 0 radical (unpaired) electrons. The number of aromatic nitrogens is 3. The number of ether oxygens (including phenoxy) is 2. The van der Waals surface area contributed by atoms with Gasteiger partial charge in [-0.15, -0.1) is 5.10 Å². The first-order valence-corrected chi connectivity index (χ1v) is 11.6. The van der Waals surface area contributed by atoms with Crippen LogP contribution in [0.25, 0.3) is 16.8 Å². The molecule has 39 heavy (non-hydrogen) atoms. The third-order valence-electron chi connectivity index (χ3n) is 5.10. The van der Waals surface area contributed by atoms with E-state index in [-0.39, 0.29) is 22.9 Å². The lowest BCUT2D eigenvalue weighted by Gasteiger charge is -2.19. The van der Waals surface area contributed by atoms with Crippen LogP contribution in [0.15, 0.2) is 60.8 Å². The quantitative estimate of drug-likeness (QED) is 0.280. The van der Waals surface area contributed by atoms with Gasteiger partial charge in [-0.2, -0.15) is 18.2 Å². The average molecular weight is 543 g/mol. The Bertz CT molecular complexity index is 1510. The van der Waals surface area contributed by atoms with Gasteiger partial charge in [-0.05, 0) is 68.8 Å². The lowest BCUT2D eigenvalue weighted by atomic mass is 10.1. The number of hydrogen-bond donors (Lipinski definition) is 3. The van der Waals surface area contributed by atoms with Crippen LogP contribution in [0.2, 0.25) is 0 Å². The number of alkyl halides is 3. The van der Waals surface area contributed by atoms with Crippen molar-refractivity contribution in [3.8, 4) is 16.9 Å². The summed E-state index contributed by atoms with van der Waals surface area (Å²) in [6.07, 6.45) is -3.42. The Kier molecular flexibility index (Phi) is 7.34. The standard InChI is InChI=1S/C26H25F3N6O4/c1-25(2,3)39-24(37)31-18-8-4-15(5-9-18)17-7-11-21-33-23(34-35(21)13-17)32-19-10-6-16(22(30)36)12-20(19)38-14-26(27,28)29/h4-13H,14H2,1-3H3,(H2,30,36)(H,31,37)(H,32,34). The summed E-state index contributed by atoms with van der Waals surface area (Å²) < 4.78 is 49.8. The van der Waals surface area contributed by atoms with Crippen molar-refractivity contribution in [2.45, 2.75) is 32.5 Å². The fraction of sp³-hybridized carbons (Fsp3) is 0.231. The molecular formula is C26H25F3N6O4. The number of hydrogen-bond acceptors (Lipinski definition) is 7. The van der Waals surface area contributed by atoms with E-state index in [0.29, 0.717) is 11.3 Å². The van der Waals surface area contributed by atoms with Gasteiger partial charge < -0.3 is 20.5 Å². The zero-order chi connectivity index (χ0) is 28.4. The van der Waals surface area contributed by atoms with E-state index in [4.69, 9.17) is 15.2 Å². The maximum Gasteiger partial charge on any atom is 0.422 e. The van der Waals surface area contributed by atoms with Gasteiger partial charge >= 0.3 is 12.3 Å². The first-order chi connectivity index (χ1) is 18.3. The molecule has 0 saturated carbocycles. The molecule has 0 fully saturated rings. The fourth-order valence-electron chi connectivity index (χ4n) is 3.45. The molecule has 0 aliphatic carbocycles. The predicted octanol–water partition coefficient (Wildman–Crippen LogP) is 5.53. The van der Waals surface area contributed by atoms with E-state index in [9.17, 15) is 22.8 Å². The van der Waals surface area contributed by atoms with E-state index < -0.39 is 30.4 Å². The average Bonchev–Trinajstić information content (AvgIpc) is 3.23. The first kappa shape index (κ1) is 27.2. The summed E-state index contributed by atoms with van der Waals surface area (Å²) in [7, 11) is 0. The Hall–Kier alpha value is -4.81. The SMILES string of the molecule is CC(C)(C)OC(=O)Nc1ccc(-c2ccc3nc(Nc4ccc(C(N)=O)cc4OCC(F)(F)F)nn3c2)cc1. The molecule has 10 nitrogen and oxygen atoms in total. The minimum Gasteiger partial charge on any atom is -0.482 e. The van der Waals surface area contributed by atoms with Crippen molar-refractivity contribution < 1.29 is 32.2 Å². The van der Waals surface area contributed by atoms with E-state index in [0.717, 1.165) is 17.2 Å². The highest BCUT2D eigenvalue weighted by Gasteiger charge is 2.29. The molecule has 0 bridgehead atoms. The second-order valence-corrected chi connectivity index (χ2v) is 9.46. The van der Waals surface area contributed by atoms with Crippen LogP contribution < -0.4 is 21.1 Å². The molecule has 0 spiro atoms. The number of amides is 2. The van der Waals surface area contributed by atoms with Gasteiger partial charge in [-0.1, -0.05) is 12.1 Å². The molecule has 2 amide bonds.